The van der Waals surface area contributed by atoms with Crippen LogP contribution in [-0.4, -0.2) is 39.2 Å². The van der Waals surface area contributed by atoms with Gasteiger partial charge in [0.05, 0.1) is 7.11 Å². The molecule has 1 fully saturated rings. The van der Waals surface area contributed by atoms with Crippen LogP contribution < -0.4 is 4.74 Å². The molecule has 0 bridgehead atoms. The monoisotopic (exact) mass is 409 g/mol. The van der Waals surface area contributed by atoms with E-state index in [2.05, 4.69) is 26.9 Å². The molecular weight excluding hydrogens is 386 g/mol. The molecule has 6 nitrogen and oxygen atoms in total. The van der Waals surface area contributed by atoms with E-state index in [1.165, 1.54) is 17.3 Å². The lowest BCUT2D eigenvalue weighted by Gasteiger charge is -2.12. The molecule has 0 radical (unpaired) electrons. The fourth-order valence-corrected chi connectivity index (χ4v) is 4.53. The zero-order valence-electron chi connectivity index (χ0n) is 16.4. The van der Waals surface area contributed by atoms with Crippen LogP contribution in [0.5, 0.6) is 5.75 Å². The third-order valence-corrected chi connectivity index (χ3v) is 6.09. The van der Waals surface area contributed by atoms with Crippen LogP contribution in [-0.2, 0) is 22.5 Å². The van der Waals surface area contributed by atoms with Gasteiger partial charge in [0, 0.05) is 18.5 Å². The van der Waals surface area contributed by atoms with Crippen molar-refractivity contribution in [3.05, 3.63) is 60.2 Å². The van der Waals surface area contributed by atoms with Crippen LogP contribution in [0.15, 0.2) is 59.8 Å². The van der Waals surface area contributed by atoms with E-state index in [4.69, 9.17) is 9.47 Å². The highest BCUT2D eigenvalue weighted by molar-refractivity contribution is 8.00. The number of carbonyl (C=O) groups excluding carboxylic acids is 1. The van der Waals surface area contributed by atoms with E-state index in [0.29, 0.717) is 6.42 Å². The van der Waals surface area contributed by atoms with Gasteiger partial charge in [-0.1, -0.05) is 42.1 Å². The van der Waals surface area contributed by atoms with Gasteiger partial charge in [0.25, 0.3) is 0 Å². The Balaban J connectivity index is 1.63. The van der Waals surface area contributed by atoms with Crippen LogP contribution in [0.3, 0.4) is 0 Å². The number of rotatable bonds is 7. The SMILES string of the molecule is COc1ccc(-c2nnc(S[C@@H]3C[C@@H](C)OC3=O)n2CCc2ccccc2)cc1. The van der Waals surface area contributed by atoms with Crippen LogP contribution in [0, 0.1) is 0 Å². The highest BCUT2D eigenvalue weighted by Gasteiger charge is 2.34. The van der Waals surface area contributed by atoms with Gasteiger partial charge in [-0.3, -0.25) is 4.79 Å². The lowest BCUT2D eigenvalue weighted by Crippen LogP contribution is -2.12. The second-order valence-electron chi connectivity index (χ2n) is 7.01. The Hall–Kier alpha value is -2.80. The summed E-state index contributed by atoms with van der Waals surface area (Å²) in [5.41, 5.74) is 2.20. The smallest absolute Gasteiger partial charge is 0.319 e. The zero-order valence-corrected chi connectivity index (χ0v) is 17.3. The molecule has 3 aromatic rings. The summed E-state index contributed by atoms with van der Waals surface area (Å²) in [6.07, 6.45) is 1.48. The van der Waals surface area contributed by atoms with Crippen molar-refractivity contribution in [3.8, 4) is 17.1 Å². The Morgan fingerprint density at radius 3 is 2.55 bits per heavy atom. The van der Waals surface area contributed by atoms with Crippen LogP contribution in [0.2, 0.25) is 0 Å². The number of aryl methyl sites for hydroxylation is 1. The highest BCUT2D eigenvalue weighted by atomic mass is 32.2. The maximum Gasteiger partial charge on any atom is 0.319 e. The van der Waals surface area contributed by atoms with Gasteiger partial charge in [-0.2, -0.15) is 0 Å². The fourth-order valence-electron chi connectivity index (χ4n) is 3.36. The van der Waals surface area contributed by atoms with Crippen molar-refractivity contribution in [2.24, 2.45) is 0 Å². The van der Waals surface area contributed by atoms with Gasteiger partial charge in [-0.15, -0.1) is 10.2 Å². The van der Waals surface area contributed by atoms with E-state index >= 15 is 0 Å². The number of hydrogen-bond acceptors (Lipinski definition) is 6. The van der Waals surface area contributed by atoms with Gasteiger partial charge in [-0.05, 0) is 43.2 Å². The molecule has 0 N–H and O–H groups in total. The van der Waals surface area contributed by atoms with Crippen molar-refractivity contribution in [3.63, 3.8) is 0 Å². The zero-order chi connectivity index (χ0) is 20.2. The predicted octanol–water partition coefficient (Wildman–Crippen LogP) is 3.99. The van der Waals surface area contributed by atoms with Crippen LogP contribution in [0.1, 0.15) is 18.9 Å². The van der Waals surface area contributed by atoms with Crippen LogP contribution in [0.4, 0.5) is 0 Å². The summed E-state index contributed by atoms with van der Waals surface area (Å²) in [6, 6.07) is 18.1. The van der Waals surface area contributed by atoms with Crippen molar-refractivity contribution in [1.82, 2.24) is 14.8 Å². The molecule has 29 heavy (non-hydrogen) atoms. The molecule has 0 spiro atoms. The number of cyclic esters (lactones) is 1. The normalized spacial score (nSPS) is 18.6. The van der Waals surface area contributed by atoms with E-state index in [0.717, 1.165) is 35.3 Å². The third-order valence-electron chi connectivity index (χ3n) is 4.91. The number of nitrogens with zero attached hydrogens (tertiary/aromatic N) is 3. The summed E-state index contributed by atoms with van der Waals surface area (Å²) in [6.45, 7) is 2.64. The molecular formula is C22H23N3O3S. The van der Waals surface area contributed by atoms with Crippen molar-refractivity contribution in [1.29, 1.82) is 0 Å². The molecule has 150 valence electrons. The molecule has 1 aliphatic heterocycles. The van der Waals surface area contributed by atoms with Crippen LogP contribution >= 0.6 is 11.8 Å². The first kappa shape index (κ1) is 19.5. The first-order chi connectivity index (χ1) is 14.1. The number of methoxy groups -OCH3 is 1. The van der Waals surface area contributed by atoms with E-state index in [9.17, 15) is 4.79 Å². The van der Waals surface area contributed by atoms with E-state index in [-0.39, 0.29) is 17.3 Å². The summed E-state index contributed by atoms with van der Waals surface area (Å²) in [5, 5.41) is 9.34. The minimum Gasteiger partial charge on any atom is -0.497 e. The van der Waals surface area contributed by atoms with E-state index in [1.54, 1.807) is 7.11 Å². The number of hydrogen-bond donors (Lipinski definition) is 0. The molecule has 4 rings (SSSR count). The Kier molecular flexibility index (Phi) is 5.85. The van der Waals surface area contributed by atoms with Gasteiger partial charge < -0.3 is 14.0 Å². The Morgan fingerprint density at radius 1 is 1.14 bits per heavy atom. The molecule has 0 aliphatic carbocycles. The van der Waals surface area contributed by atoms with Gasteiger partial charge in [0.1, 0.15) is 17.1 Å². The molecule has 2 heterocycles. The Morgan fingerprint density at radius 2 is 1.90 bits per heavy atom. The number of thioether (sulfide) groups is 1. The molecule has 7 heteroatoms. The second kappa shape index (κ2) is 8.69. The fraction of sp³-hybridized carbons (Fsp3) is 0.318. The largest absolute Gasteiger partial charge is 0.497 e. The second-order valence-corrected chi connectivity index (χ2v) is 8.18. The number of benzene rings is 2. The lowest BCUT2D eigenvalue weighted by atomic mass is 10.1. The molecule has 2 atom stereocenters. The molecule has 0 unspecified atom stereocenters. The topological polar surface area (TPSA) is 66.2 Å². The molecule has 0 saturated carbocycles. The van der Waals surface area contributed by atoms with Crippen molar-refractivity contribution in [2.45, 2.75) is 42.8 Å². The highest BCUT2D eigenvalue weighted by Crippen LogP contribution is 2.33. The minimum atomic E-state index is -0.242. The summed E-state index contributed by atoms with van der Waals surface area (Å²) >= 11 is 1.44. The number of aromatic nitrogens is 3. The standard InChI is InChI=1S/C22H23N3O3S/c1-15-14-19(21(26)28-15)29-22-24-23-20(17-8-10-18(27-2)11-9-17)25(22)13-12-16-6-4-3-5-7-16/h3-11,15,19H,12-14H2,1-2H3/t15-,19-/m1/s1. The molecule has 1 aromatic heterocycles. The van der Waals surface area contributed by atoms with Gasteiger partial charge in [-0.25, -0.2) is 0 Å². The molecule has 2 aromatic carbocycles. The summed E-state index contributed by atoms with van der Waals surface area (Å²) in [7, 11) is 1.65. The quantitative estimate of drug-likeness (QED) is 0.550. The van der Waals surface area contributed by atoms with Crippen molar-refractivity contribution in [2.75, 3.05) is 7.11 Å². The first-order valence-electron chi connectivity index (χ1n) is 9.62. The van der Waals surface area contributed by atoms with Crippen molar-refractivity contribution >= 4 is 17.7 Å². The maximum atomic E-state index is 12.1. The summed E-state index contributed by atoms with van der Waals surface area (Å²) in [5.74, 6) is 1.40. The predicted molar refractivity (Wildman–Crippen MR) is 112 cm³/mol. The van der Waals surface area contributed by atoms with Crippen LogP contribution in [0.25, 0.3) is 11.4 Å². The average molecular weight is 410 g/mol. The summed E-state index contributed by atoms with van der Waals surface area (Å²) < 4.78 is 12.7. The molecule has 1 aliphatic rings. The van der Waals surface area contributed by atoms with Gasteiger partial charge in [0.15, 0.2) is 11.0 Å². The van der Waals surface area contributed by atoms with E-state index < -0.39 is 0 Å². The van der Waals surface area contributed by atoms with Gasteiger partial charge >= 0.3 is 5.97 Å². The summed E-state index contributed by atoms with van der Waals surface area (Å²) in [4.78, 5) is 12.1. The van der Waals surface area contributed by atoms with Gasteiger partial charge in [0.2, 0.25) is 0 Å². The minimum absolute atomic E-state index is 0.0539. The maximum absolute atomic E-state index is 12.1. The number of carbonyl (C=O) groups is 1. The Labute approximate surface area is 174 Å². The Bertz CT molecular complexity index is 973. The number of ether oxygens (including phenoxy) is 2. The van der Waals surface area contributed by atoms with Crippen molar-refractivity contribution < 1.29 is 14.3 Å². The molecule has 1 saturated heterocycles. The first-order valence-corrected chi connectivity index (χ1v) is 10.5. The average Bonchev–Trinajstić information content (AvgIpc) is 3.29. The third kappa shape index (κ3) is 4.45. The number of esters is 1. The van der Waals surface area contributed by atoms with E-state index in [1.807, 2.05) is 49.4 Å². The lowest BCUT2D eigenvalue weighted by molar-refractivity contribution is -0.140. The molecule has 0 amide bonds.